The molecule has 2 aliphatic rings. The van der Waals surface area contributed by atoms with E-state index in [4.69, 9.17) is 9.51 Å². The summed E-state index contributed by atoms with van der Waals surface area (Å²) in [7, 11) is 0. The van der Waals surface area contributed by atoms with Gasteiger partial charge in [-0.25, -0.2) is 0 Å². The minimum atomic E-state index is -0.00595. The van der Waals surface area contributed by atoms with Gasteiger partial charge in [0.15, 0.2) is 5.82 Å². The first-order chi connectivity index (χ1) is 15.3. The highest BCUT2D eigenvalue weighted by molar-refractivity contribution is 5.55. The molecule has 1 N–H and O–H groups in total. The Morgan fingerprint density at radius 2 is 1.77 bits per heavy atom. The molecule has 2 fully saturated rings. The summed E-state index contributed by atoms with van der Waals surface area (Å²) in [6.07, 6.45) is 7.98. The van der Waals surface area contributed by atoms with E-state index in [-0.39, 0.29) is 5.41 Å². The van der Waals surface area contributed by atoms with Crippen LogP contribution in [0.2, 0.25) is 0 Å². The molecule has 0 amide bonds. The molecule has 2 saturated carbocycles. The molecule has 156 valence electrons. The lowest BCUT2D eigenvalue weighted by atomic mass is 9.68. The molecule has 2 aromatic carbocycles. The highest BCUT2D eigenvalue weighted by Gasteiger charge is 2.46. The van der Waals surface area contributed by atoms with Crippen molar-refractivity contribution in [1.82, 2.24) is 30.2 Å². The minimum Gasteiger partial charge on any atom is -0.334 e. The van der Waals surface area contributed by atoms with Gasteiger partial charge >= 0.3 is 0 Å². The Bertz CT molecular complexity index is 1150. The molecule has 0 bridgehead atoms. The number of benzene rings is 2. The lowest BCUT2D eigenvalue weighted by molar-refractivity contribution is 0.211. The second-order valence-electron chi connectivity index (χ2n) is 8.71. The van der Waals surface area contributed by atoms with Gasteiger partial charge in [-0.15, -0.1) is 10.2 Å². The number of rotatable bonds is 7. The van der Waals surface area contributed by atoms with Crippen LogP contribution in [0, 0.1) is 0 Å². The molecule has 2 atom stereocenters. The van der Waals surface area contributed by atoms with Gasteiger partial charge in [0.25, 0.3) is 5.89 Å². The fourth-order valence-corrected chi connectivity index (χ4v) is 4.57. The fourth-order valence-electron chi connectivity index (χ4n) is 4.57. The van der Waals surface area contributed by atoms with Crippen LogP contribution in [0.5, 0.6) is 0 Å². The molecular formula is C24H24N6O. The number of nitrogens with zero attached hydrogens (tertiary/aromatic N) is 5. The van der Waals surface area contributed by atoms with E-state index >= 15 is 0 Å². The van der Waals surface area contributed by atoms with E-state index in [0.29, 0.717) is 17.9 Å². The quantitative estimate of drug-likeness (QED) is 0.496. The highest BCUT2D eigenvalue weighted by atomic mass is 16.5. The molecule has 1 unspecified atom stereocenters. The van der Waals surface area contributed by atoms with Crippen LogP contribution in [0.15, 0.2) is 71.8 Å². The summed E-state index contributed by atoms with van der Waals surface area (Å²) in [5.74, 6) is 2.04. The van der Waals surface area contributed by atoms with Gasteiger partial charge in [0, 0.05) is 35.2 Å². The molecule has 31 heavy (non-hydrogen) atoms. The smallest absolute Gasteiger partial charge is 0.257 e. The van der Waals surface area contributed by atoms with E-state index < -0.39 is 0 Å². The van der Waals surface area contributed by atoms with E-state index in [2.05, 4.69) is 51.0 Å². The summed E-state index contributed by atoms with van der Waals surface area (Å²) in [4.78, 5) is 4.79. The summed E-state index contributed by atoms with van der Waals surface area (Å²) in [6, 6.07) is 19.3. The van der Waals surface area contributed by atoms with Crippen molar-refractivity contribution in [2.24, 2.45) is 0 Å². The van der Waals surface area contributed by atoms with E-state index in [1.807, 2.05) is 28.8 Å². The fraction of sp³-hybridized carbons (Fsp3) is 0.333. The average molecular weight is 412 g/mol. The molecule has 7 heteroatoms. The van der Waals surface area contributed by atoms with Crippen molar-refractivity contribution in [2.75, 3.05) is 6.54 Å². The van der Waals surface area contributed by atoms with Crippen LogP contribution >= 0.6 is 0 Å². The van der Waals surface area contributed by atoms with Crippen molar-refractivity contribution in [2.45, 2.75) is 43.1 Å². The van der Waals surface area contributed by atoms with Crippen molar-refractivity contribution < 1.29 is 4.52 Å². The van der Waals surface area contributed by atoms with Crippen molar-refractivity contribution in [3.05, 3.63) is 78.6 Å². The zero-order chi connectivity index (χ0) is 20.7. The first kappa shape index (κ1) is 18.4. The average Bonchev–Trinajstić information content (AvgIpc) is 3.17. The van der Waals surface area contributed by atoms with Gasteiger partial charge in [0.1, 0.15) is 12.7 Å². The summed E-state index contributed by atoms with van der Waals surface area (Å²) in [6.45, 7) is 0.909. The maximum atomic E-state index is 5.66. The topological polar surface area (TPSA) is 81.7 Å². The predicted octanol–water partition coefficient (Wildman–Crippen LogP) is 3.88. The first-order valence-corrected chi connectivity index (χ1v) is 10.9. The van der Waals surface area contributed by atoms with Crippen LogP contribution in [-0.4, -0.2) is 37.5 Å². The second kappa shape index (κ2) is 7.42. The van der Waals surface area contributed by atoms with E-state index in [1.165, 1.54) is 18.4 Å². The molecule has 2 aromatic heterocycles. The summed E-state index contributed by atoms with van der Waals surface area (Å²) in [5.41, 5.74) is 3.34. The zero-order valence-corrected chi connectivity index (χ0v) is 17.2. The maximum absolute atomic E-state index is 5.66. The van der Waals surface area contributed by atoms with Crippen LogP contribution in [0.3, 0.4) is 0 Å². The molecular weight excluding hydrogens is 388 g/mol. The Kier molecular flexibility index (Phi) is 4.42. The van der Waals surface area contributed by atoms with Crippen LogP contribution in [0.25, 0.3) is 17.1 Å². The van der Waals surface area contributed by atoms with Gasteiger partial charge < -0.3 is 9.84 Å². The number of nitrogens with one attached hydrogen (secondary N) is 1. The van der Waals surface area contributed by atoms with Gasteiger partial charge in [-0.2, -0.15) is 4.98 Å². The van der Waals surface area contributed by atoms with Gasteiger partial charge in [0.05, 0.1) is 0 Å². The first-order valence-electron chi connectivity index (χ1n) is 10.9. The molecule has 0 spiro atoms. The third kappa shape index (κ3) is 3.45. The van der Waals surface area contributed by atoms with Crippen molar-refractivity contribution in [3.63, 3.8) is 0 Å². The standard InChI is InChI=1S/C24H24N6O/c1-2-5-17(6-3-1)20-13-21(20)25-14-24(11-4-12-24)23-28-22(31-29-23)18-7-9-19(10-8-18)30-15-26-27-16-30/h1-3,5-10,15-16,20-21,25H,4,11-14H2/t20-,21?/m1/s1. The third-order valence-electron chi connectivity index (χ3n) is 6.76. The summed E-state index contributed by atoms with van der Waals surface area (Å²) in [5, 5.41) is 15.9. The Labute approximate surface area is 180 Å². The largest absolute Gasteiger partial charge is 0.334 e. The van der Waals surface area contributed by atoms with Crippen LogP contribution in [0.1, 0.15) is 43.0 Å². The number of aromatic nitrogens is 5. The molecule has 0 radical (unpaired) electrons. The summed E-state index contributed by atoms with van der Waals surface area (Å²) >= 11 is 0. The second-order valence-corrected chi connectivity index (χ2v) is 8.71. The summed E-state index contributed by atoms with van der Waals surface area (Å²) < 4.78 is 7.52. The van der Waals surface area contributed by atoms with Gasteiger partial charge in [0.2, 0.25) is 0 Å². The Balaban J connectivity index is 1.14. The van der Waals surface area contributed by atoms with Crippen LogP contribution in [-0.2, 0) is 5.41 Å². The molecule has 0 saturated heterocycles. The maximum Gasteiger partial charge on any atom is 0.257 e. The van der Waals surface area contributed by atoms with Crippen LogP contribution < -0.4 is 5.32 Å². The highest BCUT2D eigenvalue weighted by Crippen LogP contribution is 2.45. The van der Waals surface area contributed by atoms with Crippen LogP contribution in [0.4, 0.5) is 0 Å². The molecule has 7 nitrogen and oxygen atoms in total. The molecule has 2 heterocycles. The SMILES string of the molecule is c1ccc([C@H]2CC2NCC2(c3noc(-c4ccc(-n5cnnc5)cc4)n3)CCC2)cc1. The molecule has 4 aromatic rings. The lowest BCUT2D eigenvalue weighted by Crippen LogP contribution is -2.45. The van der Waals surface area contributed by atoms with E-state index in [0.717, 1.165) is 36.5 Å². The predicted molar refractivity (Wildman–Crippen MR) is 116 cm³/mol. The van der Waals surface area contributed by atoms with E-state index in [9.17, 15) is 0 Å². The van der Waals surface area contributed by atoms with E-state index in [1.54, 1.807) is 12.7 Å². The van der Waals surface area contributed by atoms with Gasteiger partial charge in [-0.3, -0.25) is 4.57 Å². The van der Waals surface area contributed by atoms with Gasteiger partial charge in [-0.1, -0.05) is 41.9 Å². The molecule has 6 rings (SSSR count). The zero-order valence-electron chi connectivity index (χ0n) is 17.2. The van der Waals surface area contributed by atoms with Gasteiger partial charge in [-0.05, 0) is 49.1 Å². The van der Waals surface area contributed by atoms with Crippen molar-refractivity contribution in [3.8, 4) is 17.1 Å². The molecule has 2 aliphatic carbocycles. The Morgan fingerprint density at radius 1 is 1.00 bits per heavy atom. The monoisotopic (exact) mass is 412 g/mol. The van der Waals surface area contributed by atoms with Crippen molar-refractivity contribution in [1.29, 1.82) is 0 Å². The minimum absolute atomic E-state index is 0.00595. The molecule has 0 aliphatic heterocycles. The number of hydrogen-bond acceptors (Lipinski definition) is 6. The number of hydrogen-bond donors (Lipinski definition) is 1. The Morgan fingerprint density at radius 3 is 2.48 bits per heavy atom. The lowest BCUT2D eigenvalue weighted by Gasteiger charge is -2.39. The Hall–Kier alpha value is -3.32. The van der Waals surface area contributed by atoms with Crippen molar-refractivity contribution >= 4 is 0 Å². The normalized spacial score (nSPS) is 21.5. The third-order valence-corrected chi connectivity index (χ3v) is 6.76.